The van der Waals surface area contributed by atoms with Gasteiger partial charge in [0.25, 0.3) is 0 Å². The molecule has 0 aliphatic heterocycles. The van der Waals surface area contributed by atoms with Crippen molar-refractivity contribution < 1.29 is 0 Å². The van der Waals surface area contributed by atoms with E-state index in [9.17, 15) is 0 Å². The topological polar surface area (TPSA) is 29.3 Å². The highest BCUT2D eigenvalue weighted by atomic mass is 32.1. The maximum Gasteiger partial charge on any atom is 0.0389 e. The lowest BCUT2D eigenvalue weighted by Crippen LogP contribution is -2.60. The summed E-state index contributed by atoms with van der Waals surface area (Å²) >= 11 is 1.88. The lowest BCUT2D eigenvalue weighted by molar-refractivity contribution is -0.000158. The second-order valence-electron chi connectivity index (χ2n) is 6.91. The maximum absolute atomic E-state index is 6.30. The fourth-order valence-corrected chi connectivity index (χ4v) is 4.71. The Hall–Kier alpha value is -0.380. The number of hydrogen-bond donors (Lipinski definition) is 1. The predicted octanol–water partition coefficient (Wildman–Crippen LogP) is 3.62. The largest absolute Gasteiger partial charge is 0.329 e. The van der Waals surface area contributed by atoms with E-state index in [0.717, 1.165) is 19.1 Å². The third kappa shape index (κ3) is 2.26. The van der Waals surface area contributed by atoms with Crippen LogP contribution in [-0.2, 0) is 6.54 Å². The van der Waals surface area contributed by atoms with Crippen LogP contribution in [0.3, 0.4) is 0 Å². The van der Waals surface area contributed by atoms with E-state index < -0.39 is 0 Å². The fourth-order valence-electron chi connectivity index (χ4n) is 4.01. The molecule has 0 radical (unpaired) electrons. The summed E-state index contributed by atoms with van der Waals surface area (Å²) < 4.78 is 0. The lowest BCUT2D eigenvalue weighted by atomic mass is 9.73. The first-order chi connectivity index (χ1) is 9.09. The Labute approximate surface area is 121 Å². The minimum Gasteiger partial charge on any atom is -0.329 e. The maximum atomic E-state index is 6.30. The first-order valence-corrected chi connectivity index (χ1v) is 8.46. The molecule has 0 bridgehead atoms. The van der Waals surface area contributed by atoms with Crippen LogP contribution in [0, 0.1) is 5.41 Å². The normalized spacial score (nSPS) is 30.1. The third-order valence-corrected chi connectivity index (χ3v) is 6.29. The monoisotopic (exact) mass is 278 g/mol. The average Bonchev–Trinajstić information content (AvgIpc) is 2.99. The van der Waals surface area contributed by atoms with Crippen molar-refractivity contribution in [3.05, 3.63) is 22.4 Å². The van der Waals surface area contributed by atoms with Gasteiger partial charge < -0.3 is 5.73 Å². The summed E-state index contributed by atoms with van der Waals surface area (Å²) in [4.78, 5) is 4.26. The van der Waals surface area contributed by atoms with Gasteiger partial charge in [0.1, 0.15) is 0 Å². The molecule has 1 aromatic heterocycles. The van der Waals surface area contributed by atoms with Crippen LogP contribution >= 0.6 is 11.3 Å². The SMILES string of the molecule is CC1(C)CCCC1(CN)N(Cc1cccs1)C1CC1. The van der Waals surface area contributed by atoms with Gasteiger partial charge >= 0.3 is 0 Å². The first-order valence-electron chi connectivity index (χ1n) is 7.58. The van der Waals surface area contributed by atoms with Crippen LogP contribution in [0.15, 0.2) is 17.5 Å². The van der Waals surface area contributed by atoms with Crippen LogP contribution in [0.1, 0.15) is 50.8 Å². The summed E-state index contributed by atoms with van der Waals surface area (Å²) in [6.45, 7) is 6.76. The molecular weight excluding hydrogens is 252 g/mol. The molecule has 0 amide bonds. The van der Waals surface area contributed by atoms with E-state index in [1.54, 1.807) is 0 Å². The predicted molar refractivity (Wildman–Crippen MR) is 82.3 cm³/mol. The molecular formula is C16H26N2S. The van der Waals surface area contributed by atoms with Crippen molar-refractivity contribution in [2.45, 2.75) is 64.1 Å². The second kappa shape index (κ2) is 4.87. The van der Waals surface area contributed by atoms with E-state index in [2.05, 4.69) is 36.3 Å². The highest BCUT2D eigenvalue weighted by Gasteiger charge is 2.54. The smallest absolute Gasteiger partial charge is 0.0389 e. The summed E-state index contributed by atoms with van der Waals surface area (Å²) in [5.41, 5.74) is 6.87. The van der Waals surface area contributed by atoms with Crippen molar-refractivity contribution in [3.8, 4) is 0 Å². The summed E-state index contributed by atoms with van der Waals surface area (Å²) in [5, 5.41) is 2.19. The molecule has 0 spiro atoms. The van der Waals surface area contributed by atoms with Crippen molar-refractivity contribution in [2.24, 2.45) is 11.1 Å². The molecule has 106 valence electrons. The third-order valence-electron chi connectivity index (χ3n) is 5.43. The summed E-state index contributed by atoms with van der Waals surface area (Å²) in [6, 6.07) is 5.22. The molecule has 2 N–H and O–H groups in total. The molecule has 2 saturated carbocycles. The molecule has 2 fully saturated rings. The minimum absolute atomic E-state index is 0.220. The quantitative estimate of drug-likeness (QED) is 0.891. The van der Waals surface area contributed by atoms with E-state index in [4.69, 9.17) is 5.73 Å². The van der Waals surface area contributed by atoms with Gasteiger partial charge in [0.15, 0.2) is 0 Å². The van der Waals surface area contributed by atoms with Gasteiger partial charge in [-0.25, -0.2) is 0 Å². The molecule has 3 heteroatoms. The molecule has 0 aromatic carbocycles. The van der Waals surface area contributed by atoms with Crippen LogP contribution in [0.4, 0.5) is 0 Å². The Morgan fingerprint density at radius 1 is 1.37 bits per heavy atom. The number of rotatable bonds is 5. The standard InChI is InChI=1S/C16H26N2S/c1-15(2)8-4-9-16(15,12-17)18(13-6-7-13)11-14-5-3-10-19-14/h3,5,10,13H,4,6-9,11-12,17H2,1-2H3. The minimum atomic E-state index is 0.220. The van der Waals surface area contributed by atoms with Crippen LogP contribution in [0.25, 0.3) is 0 Å². The van der Waals surface area contributed by atoms with E-state index >= 15 is 0 Å². The molecule has 2 aliphatic rings. The Bertz CT molecular complexity index is 422. The summed E-state index contributed by atoms with van der Waals surface area (Å²) in [7, 11) is 0. The average molecular weight is 278 g/mol. The van der Waals surface area contributed by atoms with Gasteiger partial charge in [-0.2, -0.15) is 0 Å². The zero-order chi connectivity index (χ0) is 13.5. The Morgan fingerprint density at radius 3 is 2.63 bits per heavy atom. The molecule has 0 saturated heterocycles. The van der Waals surface area contributed by atoms with Crippen molar-refractivity contribution in [3.63, 3.8) is 0 Å². The van der Waals surface area contributed by atoms with Gasteiger partial charge in [0.05, 0.1) is 0 Å². The fraction of sp³-hybridized carbons (Fsp3) is 0.750. The molecule has 3 rings (SSSR count). The Balaban J connectivity index is 1.89. The van der Waals surface area contributed by atoms with Crippen molar-refractivity contribution in [1.82, 2.24) is 4.90 Å². The number of hydrogen-bond acceptors (Lipinski definition) is 3. The van der Waals surface area contributed by atoms with Gasteiger partial charge in [-0.3, -0.25) is 4.90 Å². The number of nitrogens with two attached hydrogens (primary N) is 1. The van der Waals surface area contributed by atoms with Crippen molar-refractivity contribution in [1.29, 1.82) is 0 Å². The van der Waals surface area contributed by atoms with Crippen LogP contribution in [0.2, 0.25) is 0 Å². The molecule has 2 nitrogen and oxygen atoms in total. The zero-order valence-electron chi connectivity index (χ0n) is 12.2. The van der Waals surface area contributed by atoms with E-state index in [1.807, 2.05) is 11.3 Å². The second-order valence-corrected chi connectivity index (χ2v) is 7.94. The molecule has 1 unspecified atom stereocenters. The van der Waals surface area contributed by atoms with Gasteiger partial charge in [-0.15, -0.1) is 11.3 Å². The molecule has 1 atom stereocenters. The van der Waals surface area contributed by atoms with Gasteiger partial charge in [-0.1, -0.05) is 26.3 Å². The van der Waals surface area contributed by atoms with Crippen LogP contribution < -0.4 is 5.73 Å². The molecule has 19 heavy (non-hydrogen) atoms. The molecule has 2 aliphatic carbocycles. The van der Waals surface area contributed by atoms with Gasteiger partial charge in [0.2, 0.25) is 0 Å². The highest BCUT2D eigenvalue weighted by Crippen LogP contribution is 2.52. The zero-order valence-corrected chi connectivity index (χ0v) is 13.0. The lowest BCUT2D eigenvalue weighted by Gasteiger charge is -2.50. The molecule has 1 aromatic rings. The Morgan fingerprint density at radius 2 is 2.16 bits per heavy atom. The van der Waals surface area contributed by atoms with Crippen molar-refractivity contribution >= 4 is 11.3 Å². The number of thiophene rings is 1. The summed E-state index contributed by atoms with van der Waals surface area (Å²) in [5.74, 6) is 0. The van der Waals surface area contributed by atoms with Gasteiger partial charge in [-0.05, 0) is 42.5 Å². The Kier molecular flexibility index (Phi) is 3.48. The van der Waals surface area contributed by atoms with E-state index in [1.165, 1.54) is 37.0 Å². The number of nitrogens with zero attached hydrogens (tertiary/aromatic N) is 1. The molecule has 1 heterocycles. The van der Waals surface area contributed by atoms with E-state index in [-0.39, 0.29) is 5.54 Å². The summed E-state index contributed by atoms with van der Waals surface area (Å²) in [6.07, 6.45) is 6.65. The first kappa shape index (κ1) is 13.6. The highest BCUT2D eigenvalue weighted by molar-refractivity contribution is 7.09. The van der Waals surface area contributed by atoms with Crippen LogP contribution in [0.5, 0.6) is 0 Å². The van der Waals surface area contributed by atoms with Crippen molar-refractivity contribution in [2.75, 3.05) is 6.54 Å². The van der Waals surface area contributed by atoms with E-state index in [0.29, 0.717) is 5.41 Å². The van der Waals surface area contributed by atoms with Gasteiger partial charge in [0, 0.05) is 29.5 Å². The van der Waals surface area contributed by atoms with Crippen LogP contribution in [-0.4, -0.2) is 23.0 Å².